The molecule has 0 radical (unpaired) electrons. The van der Waals surface area contributed by atoms with Crippen LogP contribution in [0.25, 0.3) is 0 Å². The summed E-state index contributed by atoms with van der Waals surface area (Å²) in [5.74, 6) is 0. The molecule has 4 nitrogen and oxygen atoms in total. The summed E-state index contributed by atoms with van der Waals surface area (Å²) < 4.78 is 2.06. The first-order valence-electron chi connectivity index (χ1n) is 6.16. The van der Waals surface area contributed by atoms with Crippen LogP contribution in [0.4, 0.5) is 0 Å². The van der Waals surface area contributed by atoms with Gasteiger partial charge in [-0.2, -0.15) is 5.10 Å². The van der Waals surface area contributed by atoms with E-state index in [9.17, 15) is 0 Å². The molecule has 1 heterocycles. The predicted octanol–water partition coefficient (Wildman–Crippen LogP) is 1.57. The molecule has 0 bridgehead atoms. The first kappa shape index (κ1) is 14.1. The molecule has 96 valence electrons. The summed E-state index contributed by atoms with van der Waals surface area (Å²) in [6.07, 6.45) is 0.974. The SMILES string of the molecule is CCc1cc(CN(CC)CC(N)=S)n(CC)n1. The molecule has 0 saturated carbocycles. The number of hydrogen-bond acceptors (Lipinski definition) is 3. The van der Waals surface area contributed by atoms with E-state index in [2.05, 4.69) is 41.5 Å². The minimum absolute atomic E-state index is 0.546. The van der Waals surface area contributed by atoms with Gasteiger partial charge in [-0.25, -0.2) is 0 Å². The predicted molar refractivity (Wildman–Crippen MR) is 75.0 cm³/mol. The Kier molecular flexibility index (Phi) is 5.58. The van der Waals surface area contributed by atoms with Crippen LogP contribution in [0.5, 0.6) is 0 Å². The van der Waals surface area contributed by atoms with Gasteiger partial charge in [0.05, 0.1) is 16.4 Å². The van der Waals surface area contributed by atoms with Crippen LogP contribution in [-0.2, 0) is 19.5 Å². The summed E-state index contributed by atoms with van der Waals surface area (Å²) in [7, 11) is 0. The van der Waals surface area contributed by atoms with Gasteiger partial charge in [0.15, 0.2) is 0 Å². The average Bonchev–Trinajstić information content (AvgIpc) is 2.69. The Bertz CT molecular complexity index is 373. The Labute approximate surface area is 109 Å². The summed E-state index contributed by atoms with van der Waals surface area (Å²) in [4.78, 5) is 2.77. The first-order chi connectivity index (χ1) is 8.10. The van der Waals surface area contributed by atoms with Crippen LogP contribution in [0.3, 0.4) is 0 Å². The van der Waals surface area contributed by atoms with Crippen molar-refractivity contribution >= 4 is 17.2 Å². The van der Waals surface area contributed by atoms with E-state index < -0.39 is 0 Å². The summed E-state index contributed by atoms with van der Waals surface area (Å²) in [6.45, 7) is 9.72. The van der Waals surface area contributed by atoms with Gasteiger partial charge in [-0.15, -0.1) is 0 Å². The van der Waals surface area contributed by atoms with E-state index in [4.69, 9.17) is 18.0 Å². The maximum absolute atomic E-state index is 5.59. The van der Waals surface area contributed by atoms with Gasteiger partial charge in [0.2, 0.25) is 0 Å². The fourth-order valence-electron chi connectivity index (χ4n) is 1.82. The van der Waals surface area contributed by atoms with E-state index >= 15 is 0 Å². The maximum atomic E-state index is 5.59. The largest absolute Gasteiger partial charge is 0.392 e. The van der Waals surface area contributed by atoms with Gasteiger partial charge in [-0.3, -0.25) is 9.58 Å². The second-order valence-electron chi connectivity index (χ2n) is 4.07. The van der Waals surface area contributed by atoms with Crippen molar-refractivity contribution in [2.45, 2.75) is 40.3 Å². The molecule has 0 aliphatic carbocycles. The van der Waals surface area contributed by atoms with Crippen molar-refractivity contribution in [3.05, 3.63) is 17.5 Å². The van der Waals surface area contributed by atoms with E-state index in [0.717, 1.165) is 31.7 Å². The third kappa shape index (κ3) is 4.09. The molecule has 0 saturated heterocycles. The standard InChI is InChI=1S/C12H22N4S/c1-4-10-7-11(16(6-3)14-10)8-15(5-2)9-12(13)17/h7H,4-6,8-9H2,1-3H3,(H2,13,17). The zero-order valence-corrected chi connectivity index (χ0v) is 11.8. The van der Waals surface area contributed by atoms with Crippen molar-refractivity contribution < 1.29 is 0 Å². The molecule has 0 fully saturated rings. The molecule has 0 spiro atoms. The number of thiocarbonyl (C=S) groups is 1. The quantitative estimate of drug-likeness (QED) is 0.750. The van der Waals surface area contributed by atoms with Crippen molar-refractivity contribution in [2.24, 2.45) is 5.73 Å². The van der Waals surface area contributed by atoms with Crippen molar-refractivity contribution in [1.82, 2.24) is 14.7 Å². The lowest BCUT2D eigenvalue weighted by atomic mass is 10.3. The van der Waals surface area contributed by atoms with Gasteiger partial charge in [0, 0.05) is 19.6 Å². The molecule has 17 heavy (non-hydrogen) atoms. The van der Waals surface area contributed by atoms with Gasteiger partial charge >= 0.3 is 0 Å². The molecule has 0 unspecified atom stereocenters. The Hall–Kier alpha value is -0.940. The highest BCUT2D eigenvalue weighted by Gasteiger charge is 2.10. The van der Waals surface area contributed by atoms with Crippen LogP contribution in [-0.4, -0.2) is 32.8 Å². The topological polar surface area (TPSA) is 47.1 Å². The van der Waals surface area contributed by atoms with Gasteiger partial charge in [0.1, 0.15) is 0 Å². The van der Waals surface area contributed by atoms with E-state index in [1.807, 2.05) is 0 Å². The van der Waals surface area contributed by atoms with E-state index in [0.29, 0.717) is 11.5 Å². The molecule has 1 aromatic heterocycles. The van der Waals surface area contributed by atoms with Gasteiger partial charge in [-0.05, 0) is 26.0 Å². The molecule has 0 atom stereocenters. The third-order valence-electron chi connectivity index (χ3n) is 2.79. The lowest BCUT2D eigenvalue weighted by Crippen LogP contribution is -2.32. The maximum Gasteiger partial charge on any atom is 0.0870 e. The summed E-state index contributed by atoms with van der Waals surface area (Å²) in [5, 5.41) is 4.54. The van der Waals surface area contributed by atoms with Crippen molar-refractivity contribution in [1.29, 1.82) is 0 Å². The number of nitrogens with two attached hydrogens (primary N) is 1. The minimum Gasteiger partial charge on any atom is -0.392 e. The van der Waals surface area contributed by atoms with Crippen molar-refractivity contribution in [3.63, 3.8) is 0 Å². The molecule has 0 aliphatic heterocycles. The first-order valence-corrected chi connectivity index (χ1v) is 6.57. The van der Waals surface area contributed by atoms with Crippen LogP contribution in [0.1, 0.15) is 32.2 Å². The molecule has 1 aromatic rings. The molecule has 5 heteroatoms. The molecule has 1 rings (SSSR count). The van der Waals surface area contributed by atoms with Crippen LogP contribution >= 0.6 is 12.2 Å². The molecule has 2 N–H and O–H groups in total. The van der Waals surface area contributed by atoms with E-state index in [1.165, 1.54) is 5.69 Å². The van der Waals surface area contributed by atoms with Crippen LogP contribution < -0.4 is 5.73 Å². The van der Waals surface area contributed by atoms with Gasteiger partial charge in [-0.1, -0.05) is 26.1 Å². The summed E-state index contributed by atoms with van der Waals surface area (Å²) in [5.41, 5.74) is 7.98. The summed E-state index contributed by atoms with van der Waals surface area (Å²) in [6, 6.07) is 2.17. The monoisotopic (exact) mass is 254 g/mol. The number of aryl methyl sites for hydroxylation is 2. The normalized spacial score (nSPS) is 11.1. The Morgan fingerprint density at radius 2 is 2.18 bits per heavy atom. The van der Waals surface area contributed by atoms with E-state index in [-0.39, 0.29) is 0 Å². The lowest BCUT2D eigenvalue weighted by molar-refractivity contribution is 0.309. The third-order valence-corrected chi connectivity index (χ3v) is 2.92. The van der Waals surface area contributed by atoms with Crippen molar-refractivity contribution in [2.75, 3.05) is 13.1 Å². The zero-order valence-electron chi connectivity index (χ0n) is 10.9. The number of hydrogen-bond donors (Lipinski definition) is 1. The number of rotatable bonds is 7. The number of likely N-dealkylation sites (N-methyl/N-ethyl adjacent to an activating group) is 1. The summed E-state index contributed by atoms with van der Waals surface area (Å²) >= 11 is 4.96. The van der Waals surface area contributed by atoms with Gasteiger partial charge in [0.25, 0.3) is 0 Å². The highest BCUT2D eigenvalue weighted by Crippen LogP contribution is 2.09. The molecular weight excluding hydrogens is 232 g/mol. The van der Waals surface area contributed by atoms with Crippen molar-refractivity contribution in [3.8, 4) is 0 Å². The smallest absolute Gasteiger partial charge is 0.0870 e. The molecule has 0 aliphatic rings. The van der Waals surface area contributed by atoms with E-state index in [1.54, 1.807) is 0 Å². The van der Waals surface area contributed by atoms with Crippen LogP contribution in [0, 0.1) is 0 Å². The fourth-order valence-corrected chi connectivity index (χ4v) is 2.00. The zero-order chi connectivity index (χ0) is 12.8. The Morgan fingerprint density at radius 3 is 2.65 bits per heavy atom. The number of nitrogens with zero attached hydrogens (tertiary/aromatic N) is 3. The molecule has 0 amide bonds. The van der Waals surface area contributed by atoms with Crippen LogP contribution in [0.15, 0.2) is 6.07 Å². The number of aromatic nitrogens is 2. The molecular formula is C12H22N4S. The second-order valence-corrected chi connectivity index (χ2v) is 4.59. The van der Waals surface area contributed by atoms with Gasteiger partial charge < -0.3 is 5.73 Å². The fraction of sp³-hybridized carbons (Fsp3) is 0.667. The Balaban J connectivity index is 2.77. The lowest BCUT2D eigenvalue weighted by Gasteiger charge is -2.19. The van der Waals surface area contributed by atoms with Crippen LogP contribution in [0.2, 0.25) is 0 Å². The highest BCUT2D eigenvalue weighted by atomic mass is 32.1. The molecule has 0 aromatic carbocycles. The second kappa shape index (κ2) is 6.71. The highest BCUT2D eigenvalue weighted by molar-refractivity contribution is 7.80. The average molecular weight is 254 g/mol. The Morgan fingerprint density at radius 1 is 1.47 bits per heavy atom. The minimum atomic E-state index is 0.546.